The maximum Gasteiger partial charge on any atom is 0.105 e. The van der Waals surface area contributed by atoms with E-state index in [1.54, 1.807) is 16.3 Å². The number of rotatable bonds is 0. The second-order valence-corrected chi connectivity index (χ2v) is 10.1. The Morgan fingerprint density at radius 1 is 0.941 bits per heavy atom. The van der Waals surface area contributed by atoms with Gasteiger partial charge in [-0.05, 0) is 35.9 Å². The highest BCUT2D eigenvalue weighted by Crippen LogP contribution is 2.56. The predicted octanol–water partition coefficient (Wildman–Crippen LogP) is 3.92. The molecule has 0 aromatic heterocycles. The third-order valence-electron chi connectivity index (χ3n) is 4.21. The molecular weight excluding hydrogens is 223 g/mol. The number of benzene rings is 2. The normalized spacial score (nSPS) is 17.4. The number of hydrogen-bond acceptors (Lipinski definition) is 0. The fraction of sp³-hybridized carbons (Fsp3) is 0.375. The zero-order chi connectivity index (χ0) is 12.2. The second-order valence-electron chi connectivity index (χ2n) is 5.85. The monoisotopic (exact) mass is 243 g/mol. The third kappa shape index (κ3) is 1.54. The van der Waals surface area contributed by atoms with Gasteiger partial charge in [0.25, 0.3) is 0 Å². The summed E-state index contributed by atoms with van der Waals surface area (Å²) in [6, 6.07) is 9.25. The Kier molecular flexibility index (Phi) is 2.35. The lowest BCUT2D eigenvalue weighted by molar-refractivity contribution is 1.19. The highest BCUT2D eigenvalue weighted by atomic mass is 31.2. The van der Waals surface area contributed by atoms with Crippen LogP contribution >= 0.6 is 7.26 Å². The fourth-order valence-electron chi connectivity index (χ4n) is 3.19. The van der Waals surface area contributed by atoms with Gasteiger partial charge < -0.3 is 0 Å². The van der Waals surface area contributed by atoms with Gasteiger partial charge in [-0.25, -0.2) is 0 Å². The van der Waals surface area contributed by atoms with Crippen molar-refractivity contribution in [3.63, 3.8) is 0 Å². The first-order chi connectivity index (χ1) is 8.00. The molecule has 88 valence electrons. The van der Waals surface area contributed by atoms with Crippen molar-refractivity contribution < 1.29 is 0 Å². The van der Waals surface area contributed by atoms with Crippen molar-refractivity contribution in [2.45, 2.75) is 20.3 Å². The lowest BCUT2D eigenvalue weighted by Gasteiger charge is -2.16. The van der Waals surface area contributed by atoms with Crippen molar-refractivity contribution in [3.8, 4) is 0 Å². The minimum atomic E-state index is -0.876. The van der Waals surface area contributed by atoms with E-state index < -0.39 is 7.26 Å². The molecule has 1 aliphatic heterocycles. The summed E-state index contributed by atoms with van der Waals surface area (Å²) in [6.07, 6.45) is 2.69. The minimum absolute atomic E-state index is 0.876. The van der Waals surface area contributed by atoms with Crippen LogP contribution in [0.25, 0.3) is 10.8 Å². The summed E-state index contributed by atoms with van der Waals surface area (Å²) in [6.45, 7) is 9.50. The SMILES string of the molecule is Cc1ccc(C)c2c3c(ccc12)CC[P+]3(C)C. The van der Waals surface area contributed by atoms with Crippen LogP contribution in [0.3, 0.4) is 0 Å². The maximum atomic E-state index is 2.50. The van der Waals surface area contributed by atoms with E-state index in [-0.39, 0.29) is 0 Å². The van der Waals surface area contributed by atoms with E-state index in [2.05, 4.69) is 51.4 Å². The molecule has 0 radical (unpaired) electrons. The van der Waals surface area contributed by atoms with E-state index >= 15 is 0 Å². The highest BCUT2D eigenvalue weighted by Gasteiger charge is 2.39. The van der Waals surface area contributed by atoms with Crippen LogP contribution in [-0.4, -0.2) is 19.5 Å². The molecule has 2 aromatic carbocycles. The van der Waals surface area contributed by atoms with E-state index in [0.717, 1.165) is 0 Å². The lowest BCUT2D eigenvalue weighted by atomic mass is 9.98. The molecule has 3 rings (SSSR count). The van der Waals surface area contributed by atoms with Gasteiger partial charge in [0.15, 0.2) is 0 Å². The average molecular weight is 243 g/mol. The van der Waals surface area contributed by atoms with Crippen LogP contribution in [0.15, 0.2) is 24.3 Å². The molecule has 2 aromatic rings. The second kappa shape index (κ2) is 3.56. The van der Waals surface area contributed by atoms with Gasteiger partial charge in [0, 0.05) is 19.1 Å². The molecule has 0 unspecified atom stereocenters. The summed E-state index contributed by atoms with van der Waals surface area (Å²) in [4.78, 5) is 0. The van der Waals surface area contributed by atoms with E-state index in [1.165, 1.54) is 29.1 Å². The summed E-state index contributed by atoms with van der Waals surface area (Å²) in [7, 11) is -0.876. The van der Waals surface area contributed by atoms with E-state index in [4.69, 9.17) is 0 Å². The highest BCUT2D eigenvalue weighted by molar-refractivity contribution is 7.82. The molecule has 1 aliphatic rings. The van der Waals surface area contributed by atoms with Gasteiger partial charge in [-0.15, -0.1) is 0 Å². The summed E-state index contributed by atoms with van der Waals surface area (Å²) in [5.74, 6) is 0. The molecule has 0 nitrogen and oxygen atoms in total. The molecule has 1 heterocycles. The van der Waals surface area contributed by atoms with Crippen molar-refractivity contribution in [2.24, 2.45) is 0 Å². The molecule has 0 N–H and O–H groups in total. The van der Waals surface area contributed by atoms with Crippen LogP contribution in [0.4, 0.5) is 0 Å². The van der Waals surface area contributed by atoms with Crippen molar-refractivity contribution in [1.82, 2.24) is 0 Å². The quantitative estimate of drug-likeness (QED) is 0.615. The Hall–Kier alpha value is -0.870. The largest absolute Gasteiger partial charge is 0.105 e. The van der Waals surface area contributed by atoms with Gasteiger partial charge in [0.1, 0.15) is 5.30 Å². The Labute approximate surface area is 104 Å². The molecule has 17 heavy (non-hydrogen) atoms. The molecule has 0 bridgehead atoms. The van der Waals surface area contributed by atoms with Gasteiger partial charge in [-0.1, -0.05) is 24.3 Å². The van der Waals surface area contributed by atoms with Crippen LogP contribution in [0.1, 0.15) is 16.7 Å². The first-order valence-electron chi connectivity index (χ1n) is 6.36. The molecule has 0 spiro atoms. The minimum Gasteiger partial charge on any atom is -0.0584 e. The topological polar surface area (TPSA) is 0 Å². The Morgan fingerprint density at radius 2 is 1.65 bits per heavy atom. The number of fused-ring (bicyclic) bond motifs is 3. The zero-order valence-electron chi connectivity index (χ0n) is 11.2. The average Bonchev–Trinajstić information content (AvgIpc) is 2.60. The van der Waals surface area contributed by atoms with Crippen molar-refractivity contribution in [2.75, 3.05) is 19.5 Å². The first kappa shape index (κ1) is 11.2. The van der Waals surface area contributed by atoms with Gasteiger partial charge >= 0.3 is 0 Å². The smallest absolute Gasteiger partial charge is 0.0584 e. The molecule has 1 heteroatoms. The van der Waals surface area contributed by atoms with Gasteiger partial charge in [-0.3, -0.25) is 0 Å². The van der Waals surface area contributed by atoms with Gasteiger partial charge in [-0.2, -0.15) is 0 Å². The molecule has 0 atom stereocenters. The Balaban J connectivity index is 2.51. The van der Waals surface area contributed by atoms with Crippen molar-refractivity contribution in [3.05, 3.63) is 41.0 Å². The van der Waals surface area contributed by atoms with Crippen LogP contribution in [0.2, 0.25) is 0 Å². The van der Waals surface area contributed by atoms with Gasteiger partial charge in [0.2, 0.25) is 0 Å². The fourth-order valence-corrected chi connectivity index (χ4v) is 6.08. The number of aryl methyl sites for hydroxylation is 3. The third-order valence-corrected chi connectivity index (χ3v) is 7.27. The summed E-state index contributed by atoms with van der Waals surface area (Å²) in [5.41, 5.74) is 4.49. The molecule has 0 saturated carbocycles. The summed E-state index contributed by atoms with van der Waals surface area (Å²) < 4.78 is 0. The molecule has 0 saturated heterocycles. The number of hydrogen-bond donors (Lipinski definition) is 0. The van der Waals surface area contributed by atoms with E-state index in [9.17, 15) is 0 Å². The standard InChI is InChI=1S/C16H20P/c1-11-5-6-12(2)15-14(11)8-7-13-9-10-17(3,4)16(13)15/h5-8H,9-10H2,1-4H3/q+1. The van der Waals surface area contributed by atoms with E-state index in [0.29, 0.717) is 0 Å². The molecule has 0 amide bonds. The lowest BCUT2D eigenvalue weighted by Crippen LogP contribution is -2.10. The van der Waals surface area contributed by atoms with Crippen LogP contribution in [0, 0.1) is 13.8 Å². The van der Waals surface area contributed by atoms with Crippen molar-refractivity contribution >= 4 is 23.3 Å². The van der Waals surface area contributed by atoms with Crippen LogP contribution < -0.4 is 5.30 Å². The molecule has 0 fully saturated rings. The maximum absolute atomic E-state index is 2.50. The van der Waals surface area contributed by atoms with Crippen LogP contribution in [-0.2, 0) is 6.42 Å². The summed E-state index contributed by atoms with van der Waals surface area (Å²) >= 11 is 0. The zero-order valence-corrected chi connectivity index (χ0v) is 12.1. The predicted molar refractivity (Wildman–Crippen MR) is 80.4 cm³/mol. The molecular formula is C16H20P+. The van der Waals surface area contributed by atoms with Crippen LogP contribution in [0.5, 0.6) is 0 Å². The Bertz CT molecular complexity index is 608. The van der Waals surface area contributed by atoms with E-state index in [1.807, 2.05) is 0 Å². The first-order valence-corrected chi connectivity index (χ1v) is 9.23. The Morgan fingerprint density at radius 3 is 2.41 bits per heavy atom. The summed E-state index contributed by atoms with van der Waals surface area (Å²) in [5, 5.41) is 4.76. The molecule has 0 aliphatic carbocycles. The van der Waals surface area contributed by atoms with Gasteiger partial charge in [0.05, 0.1) is 19.5 Å². The van der Waals surface area contributed by atoms with Crippen molar-refractivity contribution in [1.29, 1.82) is 0 Å².